The lowest BCUT2D eigenvalue weighted by Crippen LogP contribution is -2.43. The predicted molar refractivity (Wildman–Crippen MR) is 91.6 cm³/mol. The number of nitrogens with one attached hydrogen (secondary N) is 1. The first-order valence-electron chi connectivity index (χ1n) is 8.00. The third-order valence-electron chi connectivity index (χ3n) is 3.88. The van der Waals surface area contributed by atoms with E-state index in [0.29, 0.717) is 6.42 Å². The largest absolute Gasteiger partial charge is 0.394 e. The first-order valence-corrected chi connectivity index (χ1v) is 8.00. The number of tetrazole rings is 1. The van der Waals surface area contributed by atoms with Crippen LogP contribution < -0.4 is 5.32 Å². The van der Waals surface area contributed by atoms with Gasteiger partial charge >= 0.3 is 0 Å². The smallest absolute Gasteiger partial charge is 0.249 e. The molecule has 0 aliphatic carbocycles. The molecule has 0 bridgehead atoms. The number of carbonyl (C=O) groups is 1. The summed E-state index contributed by atoms with van der Waals surface area (Å²) < 4.78 is 1.40. The number of amides is 1. The quantitative estimate of drug-likeness (QED) is 0.670. The molecule has 2 aromatic carbocycles. The van der Waals surface area contributed by atoms with Crippen LogP contribution in [0.1, 0.15) is 17.2 Å². The Morgan fingerprint density at radius 3 is 2.36 bits per heavy atom. The van der Waals surface area contributed by atoms with Crippen LogP contribution in [0.15, 0.2) is 67.0 Å². The van der Waals surface area contributed by atoms with Crippen LogP contribution in [0.25, 0.3) is 0 Å². The number of aliphatic hydroxyl groups excluding tert-OH is 1. The summed E-state index contributed by atoms with van der Waals surface area (Å²) in [4.78, 5) is 12.9. The molecule has 1 aromatic heterocycles. The molecule has 1 heterocycles. The van der Waals surface area contributed by atoms with Gasteiger partial charge in [-0.05, 0) is 28.0 Å². The fourth-order valence-electron chi connectivity index (χ4n) is 2.69. The van der Waals surface area contributed by atoms with Crippen molar-refractivity contribution in [3.8, 4) is 0 Å². The van der Waals surface area contributed by atoms with Gasteiger partial charge in [0, 0.05) is 0 Å². The van der Waals surface area contributed by atoms with Gasteiger partial charge in [-0.25, -0.2) is 4.68 Å². The Labute approximate surface area is 145 Å². The van der Waals surface area contributed by atoms with Gasteiger partial charge in [0.05, 0.1) is 12.6 Å². The van der Waals surface area contributed by atoms with Gasteiger partial charge in [-0.1, -0.05) is 60.7 Å². The molecule has 0 radical (unpaired) electrons. The molecule has 2 atom stereocenters. The van der Waals surface area contributed by atoms with Crippen molar-refractivity contribution in [3.05, 3.63) is 78.1 Å². The minimum atomic E-state index is -0.693. The maximum atomic E-state index is 12.9. The van der Waals surface area contributed by atoms with E-state index in [1.807, 2.05) is 60.7 Å². The van der Waals surface area contributed by atoms with Crippen LogP contribution in [0, 0.1) is 0 Å². The lowest BCUT2D eigenvalue weighted by atomic mass is 10.0. The number of aromatic nitrogens is 4. The normalized spacial score (nSPS) is 13.2. The molecule has 2 N–H and O–H groups in total. The summed E-state index contributed by atoms with van der Waals surface area (Å²) in [6.45, 7) is -0.155. The third kappa shape index (κ3) is 4.27. The van der Waals surface area contributed by atoms with Crippen molar-refractivity contribution in [2.75, 3.05) is 6.61 Å². The number of rotatable bonds is 7. The standard InChI is InChI=1S/C18H19N5O2/c24-12-16(11-14-7-3-1-4-8-14)20-18(25)17(23-13-19-21-22-23)15-9-5-2-6-10-15/h1-10,13,16-17,24H,11-12H2,(H,20,25). The maximum Gasteiger partial charge on any atom is 0.249 e. The molecular formula is C18H19N5O2. The first-order chi connectivity index (χ1) is 12.3. The average Bonchev–Trinajstić information content (AvgIpc) is 3.17. The fourth-order valence-corrected chi connectivity index (χ4v) is 2.69. The van der Waals surface area contributed by atoms with Crippen molar-refractivity contribution in [2.24, 2.45) is 0 Å². The molecule has 0 saturated carbocycles. The summed E-state index contributed by atoms with van der Waals surface area (Å²) in [5.41, 5.74) is 1.81. The van der Waals surface area contributed by atoms with E-state index < -0.39 is 12.1 Å². The van der Waals surface area contributed by atoms with Gasteiger partial charge in [0.15, 0.2) is 6.04 Å². The second-order valence-electron chi connectivity index (χ2n) is 5.68. The molecule has 7 nitrogen and oxygen atoms in total. The first kappa shape index (κ1) is 16.8. The summed E-state index contributed by atoms with van der Waals surface area (Å²) in [6, 6.07) is 17.9. The minimum absolute atomic E-state index is 0.155. The van der Waals surface area contributed by atoms with E-state index in [9.17, 15) is 9.90 Å². The molecule has 0 saturated heterocycles. The van der Waals surface area contributed by atoms with Crippen molar-refractivity contribution in [3.63, 3.8) is 0 Å². The molecule has 128 valence electrons. The van der Waals surface area contributed by atoms with Crippen molar-refractivity contribution in [1.82, 2.24) is 25.5 Å². The zero-order valence-electron chi connectivity index (χ0n) is 13.6. The van der Waals surface area contributed by atoms with E-state index in [-0.39, 0.29) is 12.5 Å². The molecule has 0 spiro atoms. The summed E-state index contributed by atoms with van der Waals surface area (Å²) in [6.07, 6.45) is 1.95. The lowest BCUT2D eigenvalue weighted by molar-refractivity contribution is -0.124. The topological polar surface area (TPSA) is 92.9 Å². The molecule has 25 heavy (non-hydrogen) atoms. The Kier molecular flexibility index (Phi) is 5.48. The predicted octanol–water partition coefficient (Wildman–Crippen LogP) is 0.982. The van der Waals surface area contributed by atoms with Gasteiger partial charge in [-0.15, -0.1) is 5.10 Å². The van der Waals surface area contributed by atoms with E-state index in [1.165, 1.54) is 11.0 Å². The van der Waals surface area contributed by atoms with E-state index in [2.05, 4.69) is 20.8 Å². The molecular weight excluding hydrogens is 318 g/mol. The minimum Gasteiger partial charge on any atom is -0.394 e. The van der Waals surface area contributed by atoms with Crippen LogP contribution in [0.5, 0.6) is 0 Å². The Morgan fingerprint density at radius 2 is 1.76 bits per heavy atom. The second kappa shape index (κ2) is 8.16. The fraction of sp³-hybridized carbons (Fsp3) is 0.222. The van der Waals surface area contributed by atoms with Crippen LogP contribution in [-0.2, 0) is 11.2 Å². The number of nitrogens with zero attached hydrogens (tertiary/aromatic N) is 4. The van der Waals surface area contributed by atoms with Crippen molar-refractivity contribution in [2.45, 2.75) is 18.5 Å². The zero-order valence-corrected chi connectivity index (χ0v) is 13.6. The molecule has 1 amide bonds. The number of hydrogen-bond donors (Lipinski definition) is 2. The van der Waals surface area contributed by atoms with Gasteiger partial charge in [-0.3, -0.25) is 4.79 Å². The molecule has 7 heteroatoms. The molecule has 2 unspecified atom stereocenters. The van der Waals surface area contributed by atoms with E-state index in [1.54, 1.807) is 0 Å². The van der Waals surface area contributed by atoms with E-state index in [4.69, 9.17) is 0 Å². The van der Waals surface area contributed by atoms with Gasteiger partial charge < -0.3 is 10.4 Å². The number of aliphatic hydroxyl groups is 1. The number of carbonyl (C=O) groups excluding carboxylic acids is 1. The van der Waals surface area contributed by atoms with Crippen LogP contribution in [-0.4, -0.2) is 43.9 Å². The van der Waals surface area contributed by atoms with Crippen LogP contribution >= 0.6 is 0 Å². The molecule has 3 aromatic rings. The molecule has 0 aliphatic heterocycles. The summed E-state index contributed by atoms with van der Waals surface area (Å²) in [7, 11) is 0. The Balaban J connectivity index is 1.78. The SMILES string of the molecule is O=C(NC(CO)Cc1ccccc1)C(c1ccccc1)n1cnnn1. The van der Waals surface area contributed by atoms with Crippen molar-refractivity contribution < 1.29 is 9.90 Å². The van der Waals surface area contributed by atoms with Gasteiger partial charge in [0.1, 0.15) is 6.33 Å². The van der Waals surface area contributed by atoms with Crippen LogP contribution in [0.3, 0.4) is 0 Å². The van der Waals surface area contributed by atoms with Crippen LogP contribution in [0.2, 0.25) is 0 Å². The average molecular weight is 337 g/mol. The second-order valence-corrected chi connectivity index (χ2v) is 5.68. The molecule has 0 fully saturated rings. The van der Waals surface area contributed by atoms with Crippen molar-refractivity contribution >= 4 is 5.91 Å². The highest BCUT2D eigenvalue weighted by Gasteiger charge is 2.25. The van der Waals surface area contributed by atoms with E-state index in [0.717, 1.165) is 11.1 Å². The summed E-state index contributed by atoms with van der Waals surface area (Å²) >= 11 is 0. The highest BCUT2D eigenvalue weighted by molar-refractivity contribution is 5.83. The van der Waals surface area contributed by atoms with Gasteiger partial charge in [0.2, 0.25) is 5.91 Å². The lowest BCUT2D eigenvalue weighted by Gasteiger charge is -2.21. The van der Waals surface area contributed by atoms with Crippen molar-refractivity contribution in [1.29, 1.82) is 0 Å². The Morgan fingerprint density at radius 1 is 1.08 bits per heavy atom. The van der Waals surface area contributed by atoms with Gasteiger partial charge in [0.25, 0.3) is 0 Å². The summed E-state index contributed by atoms with van der Waals surface area (Å²) in [5.74, 6) is -0.270. The monoisotopic (exact) mass is 337 g/mol. The highest BCUT2D eigenvalue weighted by atomic mass is 16.3. The van der Waals surface area contributed by atoms with Gasteiger partial charge in [-0.2, -0.15) is 0 Å². The Hall–Kier alpha value is -3.06. The molecule has 0 aliphatic rings. The zero-order chi connectivity index (χ0) is 17.5. The third-order valence-corrected chi connectivity index (χ3v) is 3.88. The number of hydrogen-bond acceptors (Lipinski definition) is 5. The Bertz CT molecular complexity index is 778. The van der Waals surface area contributed by atoms with E-state index >= 15 is 0 Å². The maximum absolute atomic E-state index is 12.9. The number of benzene rings is 2. The summed E-state index contributed by atoms with van der Waals surface area (Å²) in [5, 5.41) is 23.7. The molecule has 3 rings (SSSR count). The van der Waals surface area contributed by atoms with Crippen LogP contribution in [0.4, 0.5) is 0 Å². The highest BCUT2D eigenvalue weighted by Crippen LogP contribution is 2.17.